The molecule has 3 heteroatoms. The summed E-state index contributed by atoms with van der Waals surface area (Å²) >= 11 is 0. The minimum atomic E-state index is -0.377. The van der Waals surface area contributed by atoms with Crippen molar-refractivity contribution in [3.8, 4) is 0 Å². The van der Waals surface area contributed by atoms with Crippen molar-refractivity contribution in [1.82, 2.24) is 5.32 Å². The average Bonchev–Trinajstić information content (AvgIpc) is 2.21. The summed E-state index contributed by atoms with van der Waals surface area (Å²) in [4.78, 5) is 11.4. The van der Waals surface area contributed by atoms with Crippen LogP contribution in [0.1, 0.15) is 52.4 Å². The molecule has 0 aromatic carbocycles. The van der Waals surface area contributed by atoms with E-state index in [0.717, 1.165) is 18.8 Å². The fraction of sp³-hybridized carbons (Fsp3) is 0.917. The summed E-state index contributed by atoms with van der Waals surface area (Å²) in [5.41, 5.74) is 5.52. The van der Waals surface area contributed by atoms with Gasteiger partial charge in [0.15, 0.2) is 0 Å². The van der Waals surface area contributed by atoms with E-state index in [0.29, 0.717) is 6.04 Å². The molecule has 0 heterocycles. The Hall–Kier alpha value is -0.570. The predicted octanol–water partition coefficient (Wildman–Crippen LogP) is 1.81. The Bertz CT molecular complexity index is 196. The molecule has 1 atom stereocenters. The number of amides is 1. The highest BCUT2D eigenvalue weighted by Gasteiger charge is 2.22. The molecule has 15 heavy (non-hydrogen) atoms. The second-order valence-corrected chi connectivity index (χ2v) is 4.80. The summed E-state index contributed by atoms with van der Waals surface area (Å²) < 4.78 is 0. The molecule has 0 unspecified atom stereocenters. The maximum absolute atomic E-state index is 11.4. The Kier molecular flexibility index (Phi) is 5.09. The topological polar surface area (TPSA) is 55.1 Å². The maximum Gasteiger partial charge on any atom is 0.236 e. The third kappa shape index (κ3) is 4.20. The van der Waals surface area contributed by atoms with Gasteiger partial charge in [0.1, 0.15) is 0 Å². The molecule has 3 nitrogen and oxygen atoms in total. The molecule has 88 valence electrons. The van der Waals surface area contributed by atoms with Crippen LogP contribution in [0.2, 0.25) is 0 Å². The Labute approximate surface area is 92.8 Å². The predicted molar refractivity (Wildman–Crippen MR) is 62.4 cm³/mol. The van der Waals surface area contributed by atoms with Gasteiger partial charge in [-0.2, -0.15) is 0 Å². The van der Waals surface area contributed by atoms with Crippen molar-refractivity contribution in [3.63, 3.8) is 0 Å². The van der Waals surface area contributed by atoms with E-state index in [1.165, 1.54) is 25.7 Å². The molecule has 0 radical (unpaired) electrons. The van der Waals surface area contributed by atoms with E-state index in [1.54, 1.807) is 6.92 Å². The zero-order valence-corrected chi connectivity index (χ0v) is 9.96. The van der Waals surface area contributed by atoms with Crippen molar-refractivity contribution in [2.45, 2.75) is 64.5 Å². The third-order valence-corrected chi connectivity index (χ3v) is 3.30. The lowest BCUT2D eigenvalue weighted by atomic mass is 9.83. The van der Waals surface area contributed by atoms with Crippen LogP contribution in [0.25, 0.3) is 0 Å². The molecule has 1 fully saturated rings. The van der Waals surface area contributed by atoms with Gasteiger partial charge in [-0.1, -0.05) is 19.8 Å². The molecule has 1 rings (SSSR count). The molecular formula is C12H24N2O. The van der Waals surface area contributed by atoms with Gasteiger partial charge in [0.05, 0.1) is 6.04 Å². The van der Waals surface area contributed by atoms with E-state index in [9.17, 15) is 4.79 Å². The standard InChI is InChI=1S/C12H24N2O/c1-3-4-10-5-7-11(8-6-10)14-12(15)9(2)13/h9-11H,3-8,13H2,1-2H3,(H,14,15)/t9-,10?,11?/m0/s1. The molecule has 3 N–H and O–H groups in total. The largest absolute Gasteiger partial charge is 0.352 e. The Morgan fingerprint density at radius 3 is 2.47 bits per heavy atom. The molecule has 1 amide bonds. The van der Waals surface area contributed by atoms with Crippen LogP contribution in [-0.4, -0.2) is 18.0 Å². The molecule has 0 saturated heterocycles. The van der Waals surface area contributed by atoms with E-state index in [4.69, 9.17) is 5.73 Å². The molecule has 0 bridgehead atoms. The van der Waals surface area contributed by atoms with E-state index in [2.05, 4.69) is 12.2 Å². The highest BCUT2D eigenvalue weighted by atomic mass is 16.2. The van der Waals surface area contributed by atoms with E-state index in [1.807, 2.05) is 0 Å². The fourth-order valence-corrected chi connectivity index (χ4v) is 2.34. The van der Waals surface area contributed by atoms with Gasteiger partial charge in [0.25, 0.3) is 0 Å². The molecule has 1 aliphatic carbocycles. The van der Waals surface area contributed by atoms with Crippen LogP contribution in [0.5, 0.6) is 0 Å². The van der Waals surface area contributed by atoms with Gasteiger partial charge in [0, 0.05) is 6.04 Å². The van der Waals surface area contributed by atoms with Gasteiger partial charge in [-0.05, 0) is 38.5 Å². The number of nitrogens with one attached hydrogen (secondary N) is 1. The van der Waals surface area contributed by atoms with Crippen LogP contribution in [-0.2, 0) is 4.79 Å². The van der Waals surface area contributed by atoms with E-state index < -0.39 is 0 Å². The summed E-state index contributed by atoms with van der Waals surface area (Å²) in [6.45, 7) is 3.97. The number of carbonyl (C=O) groups is 1. The normalized spacial score (nSPS) is 28.5. The summed E-state index contributed by atoms with van der Waals surface area (Å²) in [6, 6.07) is -0.00466. The SMILES string of the molecule is CCCC1CCC(NC(=O)[C@H](C)N)CC1. The second kappa shape index (κ2) is 6.11. The smallest absolute Gasteiger partial charge is 0.236 e. The van der Waals surface area contributed by atoms with Crippen molar-refractivity contribution in [2.24, 2.45) is 11.7 Å². The first kappa shape index (κ1) is 12.5. The number of hydrogen-bond acceptors (Lipinski definition) is 2. The van der Waals surface area contributed by atoms with Gasteiger partial charge in [-0.15, -0.1) is 0 Å². The summed E-state index contributed by atoms with van der Waals surface area (Å²) in [5.74, 6) is 0.882. The van der Waals surface area contributed by atoms with Crippen LogP contribution >= 0.6 is 0 Å². The Morgan fingerprint density at radius 2 is 2.00 bits per heavy atom. The number of carbonyl (C=O) groups excluding carboxylic acids is 1. The lowest BCUT2D eigenvalue weighted by molar-refractivity contribution is -0.122. The molecule has 0 aromatic heterocycles. The number of rotatable bonds is 4. The summed E-state index contributed by atoms with van der Waals surface area (Å²) in [7, 11) is 0. The third-order valence-electron chi connectivity index (χ3n) is 3.30. The van der Waals surface area contributed by atoms with Gasteiger partial charge in [0.2, 0.25) is 5.91 Å². The minimum absolute atomic E-state index is 0.00561. The monoisotopic (exact) mass is 212 g/mol. The minimum Gasteiger partial charge on any atom is -0.352 e. The lowest BCUT2D eigenvalue weighted by Gasteiger charge is -2.29. The van der Waals surface area contributed by atoms with Gasteiger partial charge >= 0.3 is 0 Å². The molecule has 0 spiro atoms. The summed E-state index contributed by atoms with van der Waals surface area (Å²) in [5, 5.41) is 3.02. The number of nitrogens with two attached hydrogens (primary N) is 1. The quantitative estimate of drug-likeness (QED) is 0.746. The maximum atomic E-state index is 11.4. The molecule has 0 aromatic rings. The van der Waals surface area contributed by atoms with Gasteiger partial charge in [-0.25, -0.2) is 0 Å². The van der Waals surface area contributed by atoms with E-state index in [-0.39, 0.29) is 11.9 Å². The average molecular weight is 212 g/mol. The lowest BCUT2D eigenvalue weighted by Crippen LogP contribution is -2.45. The Balaban J connectivity index is 2.22. The van der Waals surface area contributed by atoms with Crippen molar-refractivity contribution in [3.05, 3.63) is 0 Å². The first-order valence-corrected chi connectivity index (χ1v) is 6.19. The zero-order valence-electron chi connectivity index (χ0n) is 9.96. The van der Waals surface area contributed by atoms with Crippen molar-refractivity contribution in [2.75, 3.05) is 0 Å². The molecular weight excluding hydrogens is 188 g/mol. The fourth-order valence-electron chi connectivity index (χ4n) is 2.34. The highest BCUT2D eigenvalue weighted by molar-refractivity contribution is 5.81. The second-order valence-electron chi connectivity index (χ2n) is 4.80. The molecule has 1 aliphatic rings. The van der Waals surface area contributed by atoms with Gasteiger partial charge in [-0.3, -0.25) is 4.79 Å². The molecule has 1 saturated carbocycles. The van der Waals surface area contributed by atoms with Gasteiger partial charge < -0.3 is 11.1 Å². The Morgan fingerprint density at radius 1 is 1.40 bits per heavy atom. The zero-order chi connectivity index (χ0) is 11.3. The van der Waals surface area contributed by atoms with Crippen LogP contribution < -0.4 is 11.1 Å². The van der Waals surface area contributed by atoms with Crippen molar-refractivity contribution in [1.29, 1.82) is 0 Å². The van der Waals surface area contributed by atoms with E-state index >= 15 is 0 Å². The molecule has 0 aliphatic heterocycles. The van der Waals surface area contributed by atoms with Crippen LogP contribution in [0.3, 0.4) is 0 Å². The highest BCUT2D eigenvalue weighted by Crippen LogP contribution is 2.27. The summed E-state index contributed by atoms with van der Waals surface area (Å²) in [6.07, 6.45) is 7.40. The van der Waals surface area contributed by atoms with Crippen LogP contribution in [0.15, 0.2) is 0 Å². The first-order chi connectivity index (χ1) is 7.13. The van der Waals surface area contributed by atoms with Crippen LogP contribution in [0, 0.1) is 5.92 Å². The first-order valence-electron chi connectivity index (χ1n) is 6.19. The van der Waals surface area contributed by atoms with Crippen LogP contribution in [0.4, 0.5) is 0 Å². The van der Waals surface area contributed by atoms with Crippen molar-refractivity contribution < 1.29 is 4.79 Å². The van der Waals surface area contributed by atoms with Crippen molar-refractivity contribution >= 4 is 5.91 Å². The number of hydrogen-bond donors (Lipinski definition) is 2.